The second-order valence-electron chi connectivity index (χ2n) is 6.61. The van der Waals surface area contributed by atoms with E-state index >= 15 is 0 Å². The van der Waals surface area contributed by atoms with Crippen molar-refractivity contribution in [1.29, 1.82) is 0 Å². The van der Waals surface area contributed by atoms with Gasteiger partial charge in [0.05, 0.1) is 0 Å². The standard InChI is InChI=1S/C20H23N3OS/c1-21-18-7-3-2-5-16(18)15-19(21)20(24)23-12-10-22(11-13-23)9-8-17-6-4-14-25-17/h2-7,14-15H,8-13H2,1H3. The van der Waals surface area contributed by atoms with Gasteiger partial charge in [0.25, 0.3) is 5.91 Å². The minimum absolute atomic E-state index is 0.150. The number of rotatable bonds is 4. The van der Waals surface area contributed by atoms with Gasteiger partial charge in [-0.3, -0.25) is 9.69 Å². The molecule has 1 aromatic carbocycles. The van der Waals surface area contributed by atoms with Gasteiger partial charge in [0.15, 0.2) is 0 Å². The molecule has 1 aliphatic rings. The molecule has 4 nitrogen and oxygen atoms in total. The van der Waals surface area contributed by atoms with E-state index in [0.29, 0.717) is 0 Å². The van der Waals surface area contributed by atoms with Crippen LogP contribution < -0.4 is 0 Å². The normalized spacial score (nSPS) is 15.8. The van der Waals surface area contributed by atoms with Crippen molar-refractivity contribution in [2.75, 3.05) is 32.7 Å². The van der Waals surface area contributed by atoms with Crippen molar-refractivity contribution in [3.05, 3.63) is 58.4 Å². The molecule has 1 amide bonds. The molecule has 0 saturated carbocycles. The highest BCUT2D eigenvalue weighted by atomic mass is 32.1. The molecule has 1 aliphatic heterocycles. The molecule has 4 rings (SSSR count). The number of aryl methyl sites for hydroxylation is 1. The van der Waals surface area contributed by atoms with Crippen LogP contribution in [0.3, 0.4) is 0 Å². The Morgan fingerprint density at radius 1 is 1.08 bits per heavy atom. The van der Waals surface area contributed by atoms with Gasteiger partial charge in [0.2, 0.25) is 0 Å². The maximum Gasteiger partial charge on any atom is 0.270 e. The summed E-state index contributed by atoms with van der Waals surface area (Å²) in [5.41, 5.74) is 1.90. The van der Waals surface area contributed by atoms with Crippen molar-refractivity contribution in [3.8, 4) is 0 Å². The molecule has 3 heterocycles. The van der Waals surface area contributed by atoms with Crippen molar-refractivity contribution in [2.45, 2.75) is 6.42 Å². The second kappa shape index (κ2) is 7.02. The lowest BCUT2D eigenvalue weighted by Crippen LogP contribution is -2.49. The third-order valence-electron chi connectivity index (χ3n) is 5.08. The van der Waals surface area contributed by atoms with Gasteiger partial charge in [-0.05, 0) is 30.0 Å². The predicted molar refractivity (Wildman–Crippen MR) is 103 cm³/mol. The van der Waals surface area contributed by atoms with Crippen molar-refractivity contribution >= 4 is 28.1 Å². The molecule has 0 radical (unpaired) electrons. The van der Waals surface area contributed by atoms with Gasteiger partial charge in [0.1, 0.15) is 5.69 Å². The summed E-state index contributed by atoms with van der Waals surface area (Å²) < 4.78 is 2.01. The molecule has 25 heavy (non-hydrogen) atoms. The van der Waals surface area contributed by atoms with Gasteiger partial charge in [-0.15, -0.1) is 11.3 Å². The first-order valence-electron chi connectivity index (χ1n) is 8.81. The van der Waals surface area contributed by atoms with Gasteiger partial charge in [-0.1, -0.05) is 24.3 Å². The van der Waals surface area contributed by atoms with Crippen molar-refractivity contribution in [2.24, 2.45) is 7.05 Å². The highest BCUT2D eigenvalue weighted by Gasteiger charge is 2.24. The molecule has 1 fully saturated rings. The van der Waals surface area contributed by atoms with Gasteiger partial charge in [-0.2, -0.15) is 0 Å². The Bertz CT molecular complexity index is 860. The summed E-state index contributed by atoms with van der Waals surface area (Å²) in [7, 11) is 1.98. The van der Waals surface area contributed by atoms with E-state index in [9.17, 15) is 4.79 Å². The molecule has 5 heteroatoms. The number of hydrogen-bond donors (Lipinski definition) is 0. The first-order valence-corrected chi connectivity index (χ1v) is 9.69. The average molecular weight is 353 g/mol. The number of aromatic nitrogens is 1. The van der Waals surface area contributed by atoms with E-state index in [4.69, 9.17) is 0 Å². The zero-order valence-electron chi connectivity index (χ0n) is 14.5. The van der Waals surface area contributed by atoms with Crippen LogP contribution in [0.5, 0.6) is 0 Å². The van der Waals surface area contributed by atoms with Crippen LogP contribution >= 0.6 is 11.3 Å². The zero-order chi connectivity index (χ0) is 17.2. The summed E-state index contributed by atoms with van der Waals surface area (Å²) in [6, 6.07) is 14.5. The van der Waals surface area contributed by atoms with Crippen LogP contribution in [-0.2, 0) is 13.5 Å². The molecule has 2 aromatic heterocycles. The van der Waals surface area contributed by atoms with Gasteiger partial charge in [-0.25, -0.2) is 0 Å². The number of benzene rings is 1. The Hall–Kier alpha value is -2.11. The quantitative estimate of drug-likeness (QED) is 0.720. The van der Waals surface area contributed by atoms with E-state index in [2.05, 4.69) is 34.5 Å². The Kier molecular flexibility index (Phi) is 4.59. The third kappa shape index (κ3) is 3.34. The van der Waals surface area contributed by atoms with Crippen LogP contribution in [0.15, 0.2) is 47.8 Å². The molecular weight excluding hydrogens is 330 g/mol. The Labute approximate surface area is 152 Å². The molecule has 0 spiro atoms. The monoisotopic (exact) mass is 353 g/mol. The number of fused-ring (bicyclic) bond motifs is 1. The number of para-hydroxylation sites is 1. The van der Waals surface area contributed by atoms with Crippen molar-refractivity contribution in [1.82, 2.24) is 14.4 Å². The molecule has 3 aromatic rings. The first kappa shape index (κ1) is 16.4. The van der Waals surface area contributed by atoms with Crippen molar-refractivity contribution in [3.63, 3.8) is 0 Å². The van der Waals surface area contributed by atoms with Crippen molar-refractivity contribution < 1.29 is 4.79 Å². The van der Waals surface area contributed by atoms with Crippen LogP contribution in [0.1, 0.15) is 15.4 Å². The first-order chi connectivity index (χ1) is 12.2. The van der Waals surface area contributed by atoms with Crippen LogP contribution in [-0.4, -0.2) is 53.0 Å². The number of carbonyl (C=O) groups is 1. The molecule has 0 unspecified atom stereocenters. The van der Waals surface area contributed by atoms with Gasteiger partial charge >= 0.3 is 0 Å². The Morgan fingerprint density at radius 2 is 1.88 bits per heavy atom. The summed E-state index contributed by atoms with van der Waals surface area (Å²) in [4.78, 5) is 18.8. The fraction of sp³-hybridized carbons (Fsp3) is 0.350. The maximum absolute atomic E-state index is 12.9. The van der Waals surface area contributed by atoms with E-state index in [1.54, 1.807) is 0 Å². The molecule has 0 N–H and O–H groups in total. The third-order valence-corrected chi connectivity index (χ3v) is 6.02. The molecule has 0 atom stereocenters. The average Bonchev–Trinajstić information content (AvgIpc) is 3.28. The van der Waals surface area contributed by atoms with Crippen LogP contribution in [0, 0.1) is 0 Å². The van der Waals surface area contributed by atoms with Gasteiger partial charge in [0, 0.05) is 55.6 Å². The zero-order valence-corrected chi connectivity index (χ0v) is 15.3. The summed E-state index contributed by atoms with van der Waals surface area (Å²) in [5, 5.41) is 3.26. The maximum atomic E-state index is 12.9. The van der Waals surface area contributed by atoms with E-state index < -0.39 is 0 Å². The topological polar surface area (TPSA) is 28.5 Å². The molecular formula is C20H23N3OS. The number of thiophene rings is 1. The fourth-order valence-corrected chi connectivity index (χ4v) is 4.25. The molecule has 130 valence electrons. The lowest BCUT2D eigenvalue weighted by molar-refractivity contribution is 0.0630. The number of nitrogens with zero attached hydrogens (tertiary/aromatic N) is 3. The largest absolute Gasteiger partial charge is 0.340 e. The molecule has 1 saturated heterocycles. The number of piperazine rings is 1. The lowest BCUT2D eigenvalue weighted by atomic mass is 10.2. The minimum Gasteiger partial charge on any atom is -0.340 e. The summed E-state index contributed by atoms with van der Waals surface area (Å²) in [6.07, 6.45) is 1.11. The number of carbonyl (C=O) groups excluding carboxylic acids is 1. The highest BCUT2D eigenvalue weighted by molar-refractivity contribution is 7.09. The summed E-state index contributed by atoms with van der Waals surface area (Å²) >= 11 is 1.82. The molecule has 0 bridgehead atoms. The van der Waals surface area contributed by atoms with E-state index in [0.717, 1.165) is 55.7 Å². The fourth-order valence-electron chi connectivity index (χ4n) is 3.55. The Balaban J connectivity index is 1.38. The SMILES string of the molecule is Cn1c(C(=O)N2CCN(CCc3cccs3)CC2)cc2ccccc21. The Morgan fingerprint density at radius 3 is 2.60 bits per heavy atom. The highest BCUT2D eigenvalue weighted by Crippen LogP contribution is 2.20. The number of amides is 1. The van der Waals surface area contributed by atoms with Crippen LogP contribution in [0.2, 0.25) is 0 Å². The second-order valence-corrected chi connectivity index (χ2v) is 7.64. The van der Waals surface area contributed by atoms with E-state index in [1.165, 1.54) is 4.88 Å². The van der Waals surface area contributed by atoms with Crippen LogP contribution in [0.25, 0.3) is 10.9 Å². The summed E-state index contributed by atoms with van der Waals surface area (Å²) in [5.74, 6) is 0.150. The van der Waals surface area contributed by atoms with Crippen LogP contribution in [0.4, 0.5) is 0 Å². The predicted octanol–water partition coefficient (Wildman–Crippen LogP) is 3.24. The summed E-state index contributed by atoms with van der Waals surface area (Å²) in [6.45, 7) is 4.62. The smallest absolute Gasteiger partial charge is 0.270 e. The van der Waals surface area contributed by atoms with E-state index in [1.807, 2.05) is 46.1 Å². The van der Waals surface area contributed by atoms with E-state index in [-0.39, 0.29) is 5.91 Å². The van der Waals surface area contributed by atoms with Gasteiger partial charge < -0.3 is 9.47 Å². The lowest BCUT2D eigenvalue weighted by Gasteiger charge is -2.34. The minimum atomic E-state index is 0.150. The molecule has 0 aliphatic carbocycles. The number of hydrogen-bond acceptors (Lipinski definition) is 3.